The topological polar surface area (TPSA) is 75.7 Å². The summed E-state index contributed by atoms with van der Waals surface area (Å²) in [5.74, 6) is 0.214. The number of fused-ring (bicyclic) bond motifs is 1. The molecule has 1 aliphatic heterocycles. The van der Waals surface area contributed by atoms with Crippen LogP contribution in [0.1, 0.15) is 42.1 Å². The van der Waals surface area contributed by atoms with Crippen LogP contribution in [0.25, 0.3) is 0 Å². The summed E-state index contributed by atoms with van der Waals surface area (Å²) in [4.78, 5) is 38.1. The molecular weight excluding hydrogens is 320 g/mol. The van der Waals surface area contributed by atoms with Gasteiger partial charge in [0.15, 0.2) is 0 Å². The first-order valence-corrected chi connectivity index (χ1v) is 8.81. The van der Waals surface area contributed by atoms with Crippen LogP contribution < -0.4 is 10.2 Å². The molecular formula is C19H24N2O4. The number of hydrogen-bond acceptors (Lipinski definition) is 4. The lowest BCUT2D eigenvalue weighted by Gasteiger charge is -2.30. The molecule has 2 aliphatic rings. The first kappa shape index (κ1) is 17.5. The summed E-state index contributed by atoms with van der Waals surface area (Å²) >= 11 is 0. The fourth-order valence-corrected chi connectivity index (χ4v) is 3.43. The van der Waals surface area contributed by atoms with Crippen LogP contribution >= 0.6 is 0 Å². The number of carbonyl (C=O) groups is 3. The largest absolute Gasteiger partial charge is 0.465 e. The van der Waals surface area contributed by atoms with Gasteiger partial charge in [0, 0.05) is 31.1 Å². The summed E-state index contributed by atoms with van der Waals surface area (Å²) in [7, 11) is 1.36. The maximum absolute atomic E-state index is 12.6. The summed E-state index contributed by atoms with van der Waals surface area (Å²) in [6, 6.07) is 5.37. The van der Waals surface area contributed by atoms with Crippen molar-refractivity contribution in [3.63, 3.8) is 0 Å². The molecule has 2 atom stereocenters. The highest BCUT2D eigenvalue weighted by molar-refractivity contribution is 5.99. The Kier molecular flexibility index (Phi) is 5.06. The van der Waals surface area contributed by atoms with Crippen molar-refractivity contribution in [2.75, 3.05) is 25.1 Å². The van der Waals surface area contributed by atoms with E-state index in [4.69, 9.17) is 4.74 Å². The van der Waals surface area contributed by atoms with E-state index in [0.717, 1.165) is 30.5 Å². The van der Waals surface area contributed by atoms with Crippen LogP contribution in [0.5, 0.6) is 0 Å². The highest BCUT2D eigenvalue weighted by Crippen LogP contribution is 2.37. The Morgan fingerprint density at radius 1 is 1.32 bits per heavy atom. The number of anilines is 1. The van der Waals surface area contributed by atoms with Crippen LogP contribution in [0.4, 0.5) is 5.69 Å². The minimum atomic E-state index is -0.378. The SMILES string of the molecule is COC(=O)c1cccc2c1CCCN2C(=O)CCNC(=O)[C@@H]1C[C@@H]1C. The lowest BCUT2D eigenvalue weighted by Crippen LogP contribution is -2.38. The zero-order chi connectivity index (χ0) is 18.0. The Morgan fingerprint density at radius 2 is 2.08 bits per heavy atom. The van der Waals surface area contributed by atoms with Gasteiger partial charge in [-0.1, -0.05) is 13.0 Å². The number of methoxy groups -OCH3 is 1. The van der Waals surface area contributed by atoms with E-state index in [1.165, 1.54) is 7.11 Å². The molecule has 1 aromatic rings. The molecule has 0 unspecified atom stereocenters. The standard InChI is InChI=1S/C19H24N2O4/c1-12-11-15(12)18(23)20-9-8-17(22)21-10-4-6-13-14(19(24)25-2)5-3-7-16(13)21/h3,5,7,12,15H,4,6,8-11H2,1-2H3,(H,20,23)/t12-,15+/m0/s1. The third-order valence-electron chi connectivity index (χ3n) is 5.04. The fraction of sp³-hybridized carbons (Fsp3) is 0.526. The van der Waals surface area contributed by atoms with Gasteiger partial charge < -0.3 is 15.0 Å². The minimum Gasteiger partial charge on any atom is -0.465 e. The number of amides is 2. The van der Waals surface area contributed by atoms with Crippen molar-refractivity contribution in [1.29, 1.82) is 0 Å². The number of nitrogens with zero attached hydrogens (tertiary/aromatic N) is 1. The quantitative estimate of drug-likeness (QED) is 0.828. The lowest BCUT2D eigenvalue weighted by atomic mass is 9.96. The van der Waals surface area contributed by atoms with Crippen LogP contribution in [-0.2, 0) is 20.7 Å². The van der Waals surface area contributed by atoms with Gasteiger partial charge in [-0.15, -0.1) is 0 Å². The van der Waals surface area contributed by atoms with Gasteiger partial charge in [-0.2, -0.15) is 0 Å². The van der Waals surface area contributed by atoms with E-state index in [1.54, 1.807) is 17.0 Å². The first-order chi connectivity index (χ1) is 12.0. The number of hydrogen-bond donors (Lipinski definition) is 1. The zero-order valence-corrected chi connectivity index (χ0v) is 14.7. The first-order valence-electron chi connectivity index (χ1n) is 8.81. The van der Waals surface area contributed by atoms with E-state index >= 15 is 0 Å². The molecule has 25 heavy (non-hydrogen) atoms. The van der Waals surface area contributed by atoms with Crippen LogP contribution in [-0.4, -0.2) is 38.0 Å². The molecule has 1 heterocycles. The molecule has 1 saturated carbocycles. The molecule has 1 aromatic carbocycles. The van der Waals surface area contributed by atoms with E-state index in [1.807, 2.05) is 6.07 Å². The van der Waals surface area contributed by atoms with Gasteiger partial charge in [0.25, 0.3) is 0 Å². The Hall–Kier alpha value is -2.37. The summed E-state index contributed by atoms with van der Waals surface area (Å²) in [6.07, 6.45) is 2.75. The van der Waals surface area contributed by atoms with Gasteiger partial charge in [0.2, 0.25) is 11.8 Å². The molecule has 0 spiro atoms. The van der Waals surface area contributed by atoms with Crippen molar-refractivity contribution in [3.8, 4) is 0 Å². The second-order valence-electron chi connectivity index (χ2n) is 6.80. The van der Waals surface area contributed by atoms with Gasteiger partial charge >= 0.3 is 5.97 Å². The number of carbonyl (C=O) groups excluding carboxylic acids is 3. The number of nitrogens with one attached hydrogen (secondary N) is 1. The molecule has 0 bridgehead atoms. The van der Waals surface area contributed by atoms with Crippen LogP contribution in [0, 0.1) is 11.8 Å². The highest BCUT2D eigenvalue weighted by Gasteiger charge is 2.38. The predicted molar refractivity (Wildman–Crippen MR) is 93.4 cm³/mol. The molecule has 6 nitrogen and oxygen atoms in total. The fourth-order valence-electron chi connectivity index (χ4n) is 3.43. The van der Waals surface area contributed by atoms with Crippen molar-refractivity contribution in [1.82, 2.24) is 5.32 Å². The summed E-state index contributed by atoms with van der Waals surface area (Å²) in [5.41, 5.74) is 2.17. The Balaban J connectivity index is 1.65. The summed E-state index contributed by atoms with van der Waals surface area (Å²) in [6.45, 7) is 3.03. The third-order valence-corrected chi connectivity index (χ3v) is 5.04. The maximum Gasteiger partial charge on any atom is 0.338 e. The van der Waals surface area contributed by atoms with Crippen molar-refractivity contribution in [3.05, 3.63) is 29.3 Å². The van der Waals surface area contributed by atoms with Crippen molar-refractivity contribution < 1.29 is 19.1 Å². The van der Waals surface area contributed by atoms with Crippen molar-refractivity contribution >= 4 is 23.5 Å². The van der Waals surface area contributed by atoms with E-state index in [2.05, 4.69) is 12.2 Å². The Labute approximate surface area is 147 Å². The maximum atomic E-state index is 12.6. The van der Waals surface area contributed by atoms with Crippen LogP contribution in [0.2, 0.25) is 0 Å². The molecule has 134 valence electrons. The van der Waals surface area contributed by atoms with Crippen molar-refractivity contribution in [2.24, 2.45) is 11.8 Å². The van der Waals surface area contributed by atoms with Gasteiger partial charge in [0.1, 0.15) is 0 Å². The Bertz CT molecular complexity index is 701. The molecule has 1 N–H and O–H groups in total. The summed E-state index contributed by atoms with van der Waals surface area (Å²) in [5, 5.41) is 2.85. The lowest BCUT2D eigenvalue weighted by molar-refractivity contribution is -0.122. The molecule has 3 rings (SSSR count). The minimum absolute atomic E-state index is 0.0351. The monoisotopic (exact) mass is 344 g/mol. The molecule has 6 heteroatoms. The molecule has 1 aliphatic carbocycles. The summed E-state index contributed by atoms with van der Waals surface area (Å²) < 4.78 is 4.84. The van der Waals surface area contributed by atoms with Gasteiger partial charge in [-0.25, -0.2) is 4.79 Å². The number of rotatable bonds is 5. The number of ether oxygens (including phenoxy) is 1. The zero-order valence-electron chi connectivity index (χ0n) is 14.7. The van der Waals surface area contributed by atoms with E-state index < -0.39 is 0 Å². The molecule has 0 aromatic heterocycles. The molecule has 0 saturated heterocycles. The predicted octanol–water partition coefficient (Wildman–Crippen LogP) is 1.91. The van der Waals surface area contributed by atoms with E-state index in [0.29, 0.717) is 24.6 Å². The van der Waals surface area contributed by atoms with Crippen molar-refractivity contribution in [2.45, 2.75) is 32.6 Å². The van der Waals surface area contributed by atoms with Gasteiger partial charge in [-0.3, -0.25) is 9.59 Å². The van der Waals surface area contributed by atoms with Crippen LogP contribution in [0.15, 0.2) is 18.2 Å². The second-order valence-corrected chi connectivity index (χ2v) is 6.80. The van der Waals surface area contributed by atoms with Gasteiger partial charge in [0.05, 0.1) is 12.7 Å². The van der Waals surface area contributed by atoms with Gasteiger partial charge in [-0.05, 0) is 42.9 Å². The highest BCUT2D eigenvalue weighted by atomic mass is 16.5. The van der Waals surface area contributed by atoms with Crippen LogP contribution in [0.3, 0.4) is 0 Å². The van der Waals surface area contributed by atoms with E-state index in [-0.39, 0.29) is 30.1 Å². The second kappa shape index (κ2) is 7.25. The Morgan fingerprint density at radius 3 is 2.76 bits per heavy atom. The normalized spacial score (nSPS) is 21.3. The number of benzene rings is 1. The average Bonchev–Trinajstić information content (AvgIpc) is 3.36. The van der Waals surface area contributed by atoms with E-state index in [9.17, 15) is 14.4 Å². The molecule has 2 amide bonds. The average molecular weight is 344 g/mol. The smallest absolute Gasteiger partial charge is 0.338 e. The third kappa shape index (κ3) is 3.67. The molecule has 0 radical (unpaired) electrons. The number of esters is 1. The molecule has 1 fully saturated rings.